The quantitative estimate of drug-likeness (QED) is 0.114. The van der Waals surface area contributed by atoms with Gasteiger partial charge in [-0.25, -0.2) is 9.55 Å². The van der Waals surface area contributed by atoms with Crippen LogP contribution in [0.25, 0.3) is 21.9 Å². The topological polar surface area (TPSA) is 202 Å². The van der Waals surface area contributed by atoms with Crippen LogP contribution in [0.4, 0.5) is 5.95 Å². The number of nitrogens with zero attached hydrogens (tertiary/aromatic N) is 4. The highest BCUT2D eigenvalue weighted by molar-refractivity contribution is 7.52. The Bertz CT molecular complexity index is 2130. The van der Waals surface area contributed by atoms with Gasteiger partial charge in [-0.3, -0.25) is 13.9 Å². The number of hydrogen-bond acceptors (Lipinski definition) is 13. The molecule has 1 aliphatic carbocycles. The van der Waals surface area contributed by atoms with Crippen molar-refractivity contribution in [2.24, 2.45) is 0 Å². The Morgan fingerprint density at radius 3 is 2.51 bits per heavy atom. The maximum absolute atomic E-state index is 14.6. The van der Waals surface area contributed by atoms with Crippen LogP contribution in [0.3, 0.4) is 0 Å². The summed E-state index contributed by atoms with van der Waals surface area (Å²) < 4.78 is 45.4. The number of anilines is 1. The molecule has 2 aliphatic rings. The number of nitrogen functional groups attached to an aromatic ring is 1. The molecule has 3 heterocycles. The lowest BCUT2D eigenvalue weighted by Gasteiger charge is -2.28. The fourth-order valence-corrected chi connectivity index (χ4v) is 8.20. The number of hydrogen-bond donors (Lipinski definition) is 4. The fraction of sp³-hybridized carbons (Fsp3) is 0.371. The zero-order valence-electron chi connectivity index (χ0n) is 28.4. The van der Waals surface area contributed by atoms with Crippen LogP contribution in [0.5, 0.6) is 11.6 Å². The Morgan fingerprint density at radius 2 is 1.78 bits per heavy atom. The number of aliphatic hydroxyl groups is 2. The lowest BCUT2D eigenvalue weighted by Crippen LogP contribution is -2.45. The summed E-state index contributed by atoms with van der Waals surface area (Å²) in [6, 6.07) is 19.4. The van der Waals surface area contributed by atoms with Gasteiger partial charge >= 0.3 is 13.7 Å². The number of aromatic nitrogens is 4. The number of nitrogens with one attached hydrogen (secondary N) is 1. The molecule has 6 unspecified atom stereocenters. The Labute approximate surface area is 293 Å². The molecule has 0 saturated carbocycles. The van der Waals surface area contributed by atoms with E-state index >= 15 is 0 Å². The second-order valence-corrected chi connectivity index (χ2v) is 14.6. The molecule has 1 aliphatic heterocycles. The number of aliphatic hydroxyl groups excluding tert-OH is 1. The smallest absolute Gasteiger partial charge is 0.459 e. The van der Waals surface area contributed by atoms with Crippen LogP contribution >= 0.6 is 7.75 Å². The number of rotatable bonds is 11. The Morgan fingerprint density at radius 1 is 1.10 bits per heavy atom. The van der Waals surface area contributed by atoms with Gasteiger partial charge in [0.1, 0.15) is 41.5 Å². The number of carbonyl (C=O) groups excluding carboxylic acids is 1. The molecule has 2 aromatic heterocycles. The summed E-state index contributed by atoms with van der Waals surface area (Å²) in [5.74, 6) is -0.00864. The number of aryl methyl sites for hydroxylation is 1. The highest BCUT2D eigenvalue weighted by Gasteiger charge is 2.54. The van der Waals surface area contributed by atoms with Gasteiger partial charge in [0.2, 0.25) is 11.8 Å². The zero-order chi connectivity index (χ0) is 36.1. The summed E-state index contributed by atoms with van der Waals surface area (Å²) in [6.07, 6.45) is -3.23. The number of nitrogens with two attached hydrogens (primary N) is 1. The van der Waals surface area contributed by atoms with Gasteiger partial charge in [0.25, 0.3) is 0 Å². The molecule has 1 saturated heterocycles. The highest BCUT2D eigenvalue weighted by Crippen LogP contribution is 2.49. The van der Waals surface area contributed by atoms with Crippen LogP contribution in [0, 0.1) is 6.92 Å². The standard InChI is InChI=1S/C35H39N6O9P/c1-19(32(43)48-24-16-22-11-5-6-12-23(22)17-24)40-51(45,50-26-15-9-13-21-10-7-8-14-25(21)26)47-18-27-29(42)35(3,44)33(49-27)41-20(2)37-28-30(41)38-34(36)39-31(28)46-4/h5-15,19,24,27,29,33,42,44H,16-18H2,1-4H3,(H,40,45)(H2,36,38,39). The van der Waals surface area contributed by atoms with Crippen molar-refractivity contribution in [2.45, 2.75) is 69.8 Å². The van der Waals surface area contributed by atoms with Gasteiger partial charge in [-0.1, -0.05) is 60.7 Å². The van der Waals surface area contributed by atoms with Crippen molar-refractivity contribution in [1.29, 1.82) is 0 Å². The number of benzene rings is 3. The van der Waals surface area contributed by atoms with Gasteiger partial charge in [0.15, 0.2) is 17.4 Å². The van der Waals surface area contributed by atoms with Crippen molar-refractivity contribution in [3.63, 3.8) is 0 Å². The van der Waals surface area contributed by atoms with Crippen molar-refractivity contribution in [1.82, 2.24) is 24.6 Å². The van der Waals surface area contributed by atoms with Crippen molar-refractivity contribution in [3.05, 3.63) is 83.7 Å². The van der Waals surface area contributed by atoms with Gasteiger partial charge < -0.3 is 34.7 Å². The highest BCUT2D eigenvalue weighted by atomic mass is 31.2. The first-order valence-electron chi connectivity index (χ1n) is 16.5. The van der Waals surface area contributed by atoms with E-state index in [0.29, 0.717) is 24.1 Å². The predicted octanol–water partition coefficient (Wildman–Crippen LogP) is 3.78. The molecular formula is C35H39N6O9P. The van der Waals surface area contributed by atoms with Crippen LogP contribution in [0.15, 0.2) is 66.7 Å². The summed E-state index contributed by atoms with van der Waals surface area (Å²) in [6.45, 7) is 4.03. The number of carbonyl (C=O) groups is 1. The van der Waals surface area contributed by atoms with E-state index in [-0.39, 0.29) is 34.8 Å². The lowest BCUT2D eigenvalue weighted by atomic mass is 9.96. The van der Waals surface area contributed by atoms with E-state index in [1.807, 2.05) is 48.5 Å². The summed E-state index contributed by atoms with van der Waals surface area (Å²) in [4.78, 5) is 26.1. The van der Waals surface area contributed by atoms with E-state index in [1.165, 1.54) is 25.5 Å². The molecule has 0 amide bonds. The first-order valence-corrected chi connectivity index (χ1v) is 18.0. The third-order valence-corrected chi connectivity index (χ3v) is 10.9. The summed E-state index contributed by atoms with van der Waals surface area (Å²) in [7, 11) is -3.01. The number of esters is 1. The van der Waals surface area contributed by atoms with Crippen molar-refractivity contribution in [2.75, 3.05) is 19.5 Å². The Kier molecular flexibility index (Phi) is 9.21. The molecule has 0 bridgehead atoms. The lowest BCUT2D eigenvalue weighted by molar-refractivity contribution is -0.150. The molecule has 5 N–H and O–H groups in total. The number of imidazole rings is 1. The molecule has 7 rings (SSSR count). The third kappa shape index (κ3) is 6.64. The van der Waals surface area contributed by atoms with E-state index in [4.69, 9.17) is 29.0 Å². The van der Waals surface area contributed by atoms with Crippen LogP contribution in [0.2, 0.25) is 0 Å². The van der Waals surface area contributed by atoms with E-state index in [0.717, 1.165) is 16.5 Å². The molecule has 0 spiro atoms. The summed E-state index contributed by atoms with van der Waals surface area (Å²) in [5.41, 5.74) is 6.72. The fourth-order valence-electron chi connectivity index (χ4n) is 6.67. The Balaban J connectivity index is 1.13. The van der Waals surface area contributed by atoms with Crippen LogP contribution < -0.4 is 20.1 Å². The normalized spacial score (nSPS) is 23.6. The Hall–Kier alpha value is -4.63. The van der Waals surface area contributed by atoms with E-state index in [1.54, 1.807) is 25.1 Å². The predicted molar refractivity (Wildman–Crippen MR) is 186 cm³/mol. The van der Waals surface area contributed by atoms with Gasteiger partial charge in [0, 0.05) is 18.2 Å². The van der Waals surface area contributed by atoms with Crippen molar-refractivity contribution < 1.29 is 42.8 Å². The zero-order valence-corrected chi connectivity index (χ0v) is 29.3. The van der Waals surface area contributed by atoms with E-state index < -0.39 is 50.4 Å². The third-order valence-electron chi connectivity index (χ3n) is 9.26. The summed E-state index contributed by atoms with van der Waals surface area (Å²) >= 11 is 0. The van der Waals surface area contributed by atoms with Crippen molar-refractivity contribution in [3.8, 4) is 11.6 Å². The molecule has 3 aromatic carbocycles. The van der Waals surface area contributed by atoms with Gasteiger partial charge in [-0.05, 0) is 43.4 Å². The molecule has 1 fully saturated rings. The molecule has 5 aromatic rings. The van der Waals surface area contributed by atoms with Crippen LogP contribution in [-0.2, 0) is 36.2 Å². The maximum Gasteiger partial charge on any atom is 0.459 e. The minimum absolute atomic E-state index is 0.0960. The van der Waals surface area contributed by atoms with Gasteiger partial charge in [-0.15, -0.1) is 0 Å². The minimum Gasteiger partial charge on any atom is -0.479 e. The second kappa shape index (κ2) is 13.5. The largest absolute Gasteiger partial charge is 0.479 e. The number of methoxy groups -OCH3 is 1. The first kappa shape index (κ1) is 34.8. The van der Waals surface area contributed by atoms with Crippen molar-refractivity contribution >= 4 is 41.6 Å². The average molecular weight is 719 g/mol. The molecule has 6 atom stereocenters. The minimum atomic E-state index is -4.42. The molecule has 0 radical (unpaired) electrons. The SMILES string of the molecule is COc1nc(N)nc2c1nc(C)n2C1OC(COP(=O)(NC(C)C(=O)OC2Cc3ccccc3C2)Oc2cccc3ccccc23)C(O)C1(C)O. The average Bonchev–Trinajstić information content (AvgIpc) is 3.73. The molecule has 51 heavy (non-hydrogen) atoms. The van der Waals surface area contributed by atoms with Crippen LogP contribution in [-0.4, -0.2) is 79.4 Å². The first-order chi connectivity index (χ1) is 24.4. The molecular weight excluding hydrogens is 679 g/mol. The van der Waals surface area contributed by atoms with Crippen LogP contribution in [0.1, 0.15) is 37.0 Å². The van der Waals surface area contributed by atoms with Gasteiger partial charge in [-0.2, -0.15) is 15.1 Å². The van der Waals surface area contributed by atoms with Gasteiger partial charge in [0.05, 0.1) is 13.7 Å². The molecule has 15 nitrogen and oxygen atoms in total. The summed E-state index contributed by atoms with van der Waals surface area (Å²) in [5, 5.41) is 27.1. The van der Waals surface area contributed by atoms with E-state index in [9.17, 15) is 19.6 Å². The molecule has 16 heteroatoms. The number of ether oxygens (including phenoxy) is 3. The van der Waals surface area contributed by atoms with E-state index in [2.05, 4.69) is 20.0 Å². The monoisotopic (exact) mass is 718 g/mol. The maximum atomic E-state index is 14.6. The number of fused-ring (bicyclic) bond motifs is 3. The second-order valence-electron chi connectivity index (χ2n) is 12.9. The molecule has 268 valence electrons.